The van der Waals surface area contributed by atoms with Gasteiger partial charge in [0.05, 0.1) is 12.2 Å². The maximum atomic E-state index is 12.5. The second kappa shape index (κ2) is 6.84. The maximum Gasteiger partial charge on any atom is 0.241 e. The first-order chi connectivity index (χ1) is 8.75. The number of rotatable bonds is 6. The lowest BCUT2D eigenvalue weighted by Gasteiger charge is -2.32. The number of amides is 1. The molecule has 1 aliphatic rings. The Balaban J connectivity index is 2.81. The molecule has 0 saturated carbocycles. The van der Waals surface area contributed by atoms with Crippen molar-refractivity contribution < 1.29 is 9.00 Å². The Labute approximate surface area is 119 Å². The van der Waals surface area contributed by atoms with Crippen molar-refractivity contribution in [2.75, 3.05) is 12.0 Å². The van der Waals surface area contributed by atoms with Crippen molar-refractivity contribution in [3.63, 3.8) is 0 Å². The van der Waals surface area contributed by atoms with Gasteiger partial charge in [-0.25, -0.2) is 0 Å². The first-order valence-electron chi connectivity index (χ1n) is 7.14. The molecule has 5 heteroatoms. The average molecular weight is 288 g/mol. The molecule has 0 spiro atoms. The molecule has 0 radical (unpaired) electrons. The van der Waals surface area contributed by atoms with E-state index in [1.54, 1.807) is 6.26 Å². The molecule has 4 unspecified atom stereocenters. The Kier molecular flexibility index (Phi) is 5.99. The second-order valence-corrected chi connectivity index (χ2v) is 7.79. The van der Waals surface area contributed by atoms with E-state index in [0.29, 0.717) is 17.6 Å². The summed E-state index contributed by atoms with van der Waals surface area (Å²) in [6.07, 6.45) is 2.61. The Hall–Kier alpha value is -0.420. The summed E-state index contributed by atoms with van der Waals surface area (Å²) in [5, 5.41) is 3.46. The van der Waals surface area contributed by atoms with Gasteiger partial charge in [0.25, 0.3) is 0 Å². The molecule has 0 aliphatic carbocycles. The minimum absolute atomic E-state index is 0.0815. The van der Waals surface area contributed by atoms with Crippen LogP contribution in [0.4, 0.5) is 0 Å². The fourth-order valence-corrected chi connectivity index (χ4v) is 3.26. The van der Waals surface area contributed by atoms with E-state index < -0.39 is 10.8 Å². The normalized spacial score (nSPS) is 27.4. The third-order valence-electron chi connectivity index (χ3n) is 3.77. The Bertz CT molecular complexity index is 344. The van der Waals surface area contributed by atoms with Crippen LogP contribution in [0.5, 0.6) is 0 Å². The largest absolute Gasteiger partial charge is 0.323 e. The highest BCUT2D eigenvalue weighted by Gasteiger charge is 2.43. The zero-order valence-corrected chi connectivity index (χ0v) is 13.8. The lowest BCUT2D eigenvalue weighted by atomic mass is 10.0. The van der Waals surface area contributed by atoms with Gasteiger partial charge in [0.1, 0.15) is 0 Å². The van der Waals surface area contributed by atoms with Gasteiger partial charge < -0.3 is 4.90 Å². The third kappa shape index (κ3) is 4.02. The molecule has 4 atom stereocenters. The van der Waals surface area contributed by atoms with Crippen LogP contribution >= 0.6 is 0 Å². The number of nitrogens with one attached hydrogen (secondary N) is 1. The molecular weight excluding hydrogens is 260 g/mol. The van der Waals surface area contributed by atoms with Crippen LogP contribution in [-0.2, 0) is 15.6 Å². The molecule has 1 amide bonds. The first kappa shape index (κ1) is 16.6. The zero-order chi connectivity index (χ0) is 14.7. The van der Waals surface area contributed by atoms with Gasteiger partial charge in [-0.3, -0.25) is 14.3 Å². The molecule has 1 aliphatic heterocycles. The van der Waals surface area contributed by atoms with E-state index in [9.17, 15) is 9.00 Å². The topological polar surface area (TPSA) is 49.4 Å². The Morgan fingerprint density at radius 3 is 2.21 bits per heavy atom. The summed E-state index contributed by atoms with van der Waals surface area (Å²) < 4.78 is 11.2. The number of carbonyl (C=O) groups excluding carboxylic acids is 1. The molecule has 1 fully saturated rings. The first-order valence-corrected chi connectivity index (χ1v) is 8.86. The molecule has 0 bridgehead atoms. The molecule has 0 aromatic rings. The van der Waals surface area contributed by atoms with Crippen molar-refractivity contribution in [1.82, 2.24) is 10.2 Å². The minimum atomic E-state index is -0.795. The molecule has 1 saturated heterocycles. The van der Waals surface area contributed by atoms with E-state index in [1.807, 2.05) is 4.90 Å². The summed E-state index contributed by atoms with van der Waals surface area (Å²) in [6, 6.07) is 0.0574. The standard InChI is InChI=1S/C14H28N2O2S/c1-9(2)12-14(17)16(13(15-12)10(3)4)11(5)7-8-19(6)18/h9-13,15H,7-8H2,1-6H3. The average Bonchev–Trinajstić information content (AvgIpc) is 2.64. The summed E-state index contributed by atoms with van der Waals surface area (Å²) in [5.74, 6) is 1.53. The van der Waals surface area contributed by atoms with Gasteiger partial charge in [0.15, 0.2) is 0 Å². The number of nitrogens with zero attached hydrogens (tertiary/aromatic N) is 1. The van der Waals surface area contributed by atoms with Gasteiger partial charge in [0.2, 0.25) is 5.91 Å². The van der Waals surface area contributed by atoms with Crippen molar-refractivity contribution in [2.45, 2.75) is 59.3 Å². The molecule has 1 heterocycles. The number of hydrogen-bond acceptors (Lipinski definition) is 3. The smallest absolute Gasteiger partial charge is 0.241 e. The van der Waals surface area contributed by atoms with Gasteiger partial charge >= 0.3 is 0 Å². The SMILES string of the molecule is CC(C)C1NC(C(C)C)N(C(C)CCS(C)=O)C1=O. The number of hydrogen-bond donors (Lipinski definition) is 1. The summed E-state index contributed by atoms with van der Waals surface area (Å²) in [5.41, 5.74) is 0. The third-order valence-corrected chi connectivity index (χ3v) is 4.58. The molecule has 1 rings (SSSR count). The van der Waals surface area contributed by atoms with Gasteiger partial charge in [0, 0.05) is 28.9 Å². The summed E-state index contributed by atoms with van der Waals surface area (Å²) in [6.45, 7) is 10.5. The van der Waals surface area contributed by atoms with Crippen molar-refractivity contribution in [2.24, 2.45) is 11.8 Å². The van der Waals surface area contributed by atoms with Crippen molar-refractivity contribution in [1.29, 1.82) is 0 Å². The molecule has 0 aromatic heterocycles. The molecule has 1 N–H and O–H groups in total. The highest BCUT2D eigenvalue weighted by atomic mass is 32.2. The van der Waals surface area contributed by atoms with Crippen LogP contribution in [0.1, 0.15) is 41.0 Å². The van der Waals surface area contributed by atoms with Crippen LogP contribution in [0.2, 0.25) is 0 Å². The van der Waals surface area contributed by atoms with Gasteiger partial charge in [-0.15, -0.1) is 0 Å². The van der Waals surface area contributed by atoms with Crippen LogP contribution in [0, 0.1) is 11.8 Å². The van der Waals surface area contributed by atoms with E-state index in [-0.39, 0.29) is 24.2 Å². The fraction of sp³-hybridized carbons (Fsp3) is 0.929. The van der Waals surface area contributed by atoms with Crippen LogP contribution in [-0.4, -0.2) is 45.3 Å². The number of carbonyl (C=O) groups is 1. The van der Waals surface area contributed by atoms with Crippen molar-refractivity contribution in [3.05, 3.63) is 0 Å². The van der Waals surface area contributed by atoms with E-state index in [1.165, 1.54) is 0 Å². The summed E-state index contributed by atoms with van der Waals surface area (Å²) >= 11 is 0. The second-order valence-electron chi connectivity index (χ2n) is 6.24. The Morgan fingerprint density at radius 1 is 1.21 bits per heavy atom. The lowest BCUT2D eigenvalue weighted by molar-refractivity contribution is -0.133. The summed E-state index contributed by atoms with van der Waals surface area (Å²) in [7, 11) is -0.795. The monoisotopic (exact) mass is 288 g/mol. The van der Waals surface area contributed by atoms with Crippen LogP contribution in [0.15, 0.2) is 0 Å². The van der Waals surface area contributed by atoms with E-state index in [4.69, 9.17) is 0 Å². The molecule has 0 aromatic carbocycles. The molecule has 19 heavy (non-hydrogen) atoms. The van der Waals surface area contributed by atoms with Gasteiger partial charge in [-0.1, -0.05) is 27.7 Å². The van der Waals surface area contributed by atoms with Crippen molar-refractivity contribution in [3.8, 4) is 0 Å². The van der Waals surface area contributed by atoms with E-state index >= 15 is 0 Å². The van der Waals surface area contributed by atoms with Crippen molar-refractivity contribution >= 4 is 16.7 Å². The van der Waals surface area contributed by atoms with E-state index in [2.05, 4.69) is 39.9 Å². The van der Waals surface area contributed by atoms with Crippen LogP contribution in [0.25, 0.3) is 0 Å². The van der Waals surface area contributed by atoms with Crippen LogP contribution in [0.3, 0.4) is 0 Å². The van der Waals surface area contributed by atoms with Gasteiger partial charge in [-0.05, 0) is 25.2 Å². The lowest BCUT2D eigenvalue weighted by Crippen LogP contribution is -2.46. The molecule has 112 valence electrons. The predicted octanol–water partition coefficient (Wildman–Crippen LogP) is 1.58. The predicted molar refractivity (Wildman–Crippen MR) is 80.2 cm³/mol. The highest BCUT2D eigenvalue weighted by Crippen LogP contribution is 2.25. The summed E-state index contributed by atoms with van der Waals surface area (Å²) in [4.78, 5) is 14.5. The Morgan fingerprint density at radius 2 is 1.79 bits per heavy atom. The highest BCUT2D eigenvalue weighted by molar-refractivity contribution is 7.84. The van der Waals surface area contributed by atoms with Gasteiger partial charge in [-0.2, -0.15) is 0 Å². The molecule has 4 nitrogen and oxygen atoms in total. The zero-order valence-electron chi connectivity index (χ0n) is 13.0. The minimum Gasteiger partial charge on any atom is -0.323 e. The maximum absolute atomic E-state index is 12.5. The molecular formula is C14H28N2O2S. The quantitative estimate of drug-likeness (QED) is 0.807. The van der Waals surface area contributed by atoms with E-state index in [0.717, 1.165) is 6.42 Å². The van der Waals surface area contributed by atoms with Crippen LogP contribution < -0.4 is 5.32 Å². The fourth-order valence-electron chi connectivity index (χ4n) is 2.59.